The van der Waals surface area contributed by atoms with Crippen LogP contribution in [0.25, 0.3) is 0 Å². The topological polar surface area (TPSA) is 64.5 Å². The summed E-state index contributed by atoms with van der Waals surface area (Å²) in [6.07, 6.45) is 3.30. The Morgan fingerprint density at radius 2 is 2.37 bits per heavy atom. The highest BCUT2D eigenvalue weighted by Crippen LogP contribution is 2.23. The minimum absolute atomic E-state index is 0.0744. The van der Waals surface area contributed by atoms with E-state index in [1.54, 1.807) is 13.2 Å². The van der Waals surface area contributed by atoms with Gasteiger partial charge in [-0.05, 0) is 19.8 Å². The average Bonchev–Trinajstić information content (AvgIpc) is 2.48. The standard InChI is InChI=1S/C13H19N3O3/c1-3-19-13(17)10-5-4-6-16(8-10)11-7-12(18-2)15-9-14-11/h7,9-10H,3-6,8H2,1-2H3. The minimum atomic E-state index is -0.117. The lowest BCUT2D eigenvalue weighted by atomic mass is 9.98. The van der Waals surface area contributed by atoms with E-state index in [2.05, 4.69) is 14.9 Å². The van der Waals surface area contributed by atoms with Crippen LogP contribution in [0.2, 0.25) is 0 Å². The number of methoxy groups -OCH3 is 1. The van der Waals surface area contributed by atoms with Crippen LogP contribution in [0.3, 0.4) is 0 Å². The van der Waals surface area contributed by atoms with E-state index in [1.165, 1.54) is 6.33 Å². The number of carbonyl (C=O) groups excluding carboxylic acids is 1. The molecule has 0 aliphatic carbocycles. The van der Waals surface area contributed by atoms with Gasteiger partial charge in [-0.15, -0.1) is 0 Å². The molecule has 2 rings (SSSR count). The van der Waals surface area contributed by atoms with E-state index in [1.807, 2.05) is 6.92 Å². The van der Waals surface area contributed by atoms with Crippen LogP contribution < -0.4 is 9.64 Å². The zero-order valence-corrected chi connectivity index (χ0v) is 11.3. The van der Waals surface area contributed by atoms with Crippen LogP contribution in [0.5, 0.6) is 5.88 Å². The van der Waals surface area contributed by atoms with Gasteiger partial charge in [-0.2, -0.15) is 0 Å². The lowest BCUT2D eigenvalue weighted by Gasteiger charge is -2.32. The first-order chi connectivity index (χ1) is 9.24. The van der Waals surface area contributed by atoms with E-state index in [9.17, 15) is 4.79 Å². The molecule has 1 unspecified atom stereocenters. The molecule has 0 saturated carbocycles. The predicted octanol–water partition coefficient (Wildman–Crippen LogP) is 1.26. The van der Waals surface area contributed by atoms with Crippen molar-refractivity contribution in [3.05, 3.63) is 12.4 Å². The van der Waals surface area contributed by atoms with Crippen molar-refractivity contribution in [3.8, 4) is 5.88 Å². The van der Waals surface area contributed by atoms with Crippen LogP contribution in [0.1, 0.15) is 19.8 Å². The number of carbonyl (C=O) groups is 1. The van der Waals surface area contributed by atoms with Crippen LogP contribution in [-0.4, -0.2) is 42.7 Å². The van der Waals surface area contributed by atoms with Crippen LogP contribution in [0, 0.1) is 5.92 Å². The maximum absolute atomic E-state index is 11.8. The molecule has 2 heterocycles. The Kier molecular flexibility index (Phi) is 4.54. The van der Waals surface area contributed by atoms with E-state index in [0.29, 0.717) is 19.0 Å². The summed E-state index contributed by atoms with van der Waals surface area (Å²) in [6, 6.07) is 1.79. The first kappa shape index (κ1) is 13.6. The number of rotatable bonds is 4. The Balaban J connectivity index is 2.05. The third-order valence-corrected chi connectivity index (χ3v) is 3.20. The largest absolute Gasteiger partial charge is 0.481 e. The molecule has 0 amide bonds. The third-order valence-electron chi connectivity index (χ3n) is 3.20. The fraction of sp³-hybridized carbons (Fsp3) is 0.615. The summed E-state index contributed by atoms with van der Waals surface area (Å²) in [5, 5.41) is 0. The molecule has 1 atom stereocenters. The zero-order valence-electron chi connectivity index (χ0n) is 11.3. The summed E-state index contributed by atoms with van der Waals surface area (Å²) < 4.78 is 10.2. The van der Waals surface area contributed by atoms with Crippen molar-refractivity contribution < 1.29 is 14.3 Å². The van der Waals surface area contributed by atoms with E-state index >= 15 is 0 Å². The predicted molar refractivity (Wildman–Crippen MR) is 70.2 cm³/mol. The highest BCUT2D eigenvalue weighted by atomic mass is 16.5. The van der Waals surface area contributed by atoms with Gasteiger partial charge in [0.25, 0.3) is 0 Å². The molecular weight excluding hydrogens is 246 g/mol. The third kappa shape index (κ3) is 3.33. The van der Waals surface area contributed by atoms with Crippen molar-refractivity contribution in [1.29, 1.82) is 0 Å². The van der Waals surface area contributed by atoms with Crippen molar-refractivity contribution >= 4 is 11.8 Å². The van der Waals surface area contributed by atoms with Gasteiger partial charge in [-0.3, -0.25) is 4.79 Å². The molecule has 1 saturated heterocycles. The van der Waals surface area contributed by atoms with E-state index < -0.39 is 0 Å². The van der Waals surface area contributed by atoms with Gasteiger partial charge in [0.2, 0.25) is 5.88 Å². The Morgan fingerprint density at radius 1 is 1.53 bits per heavy atom. The van der Waals surface area contributed by atoms with Gasteiger partial charge in [0.1, 0.15) is 12.1 Å². The Hall–Kier alpha value is -1.85. The quantitative estimate of drug-likeness (QED) is 0.764. The lowest BCUT2D eigenvalue weighted by molar-refractivity contribution is -0.148. The molecule has 0 N–H and O–H groups in total. The molecule has 1 aliphatic rings. The maximum atomic E-state index is 11.8. The normalized spacial score (nSPS) is 19.1. The zero-order chi connectivity index (χ0) is 13.7. The Labute approximate surface area is 112 Å². The van der Waals surface area contributed by atoms with Gasteiger partial charge >= 0.3 is 5.97 Å². The Bertz CT molecular complexity index is 439. The SMILES string of the molecule is CCOC(=O)C1CCCN(c2cc(OC)ncn2)C1. The smallest absolute Gasteiger partial charge is 0.310 e. The van der Waals surface area contributed by atoms with Gasteiger partial charge in [0.05, 0.1) is 19.6 Å². The van der Waals surface area contributed by atoms with Crippen molar-refractivity contribution in [2.24, 2.45) is 5.92 Å². The molecule has 1 aromatic rings. The fourth-order valence-corrected chi connectivity index (χ4v) is 2.25. The van der Waals surface area contributed by atoms with Gasteiger partial charge < -0.3 is 14.4 Å². The summed E-state index contributed by atoms with van der Waals surface area (Å²) in [7, 11) is 1.57. The molecule has 0 aromatic carbocycles. The highest BCUT2D eigenvalue weighted by molar-refractivity contribution is 5.73. The summed E-state index contributed by atoms with van der Waals surface area (Å²) in [6.45, 7) is 3.78. The molecule has 6 nitrogen and oxygen atoms in total. The van der Waals surface area contributed by atoms with E-state index in [4.69, 9.17) is 9.47 Å². The monoisotopic (exact) mass is 265 g/mol. The minimum Gasteiger partial charge on any atom is -0.481 e. The van der Waals surface area contributed by atoms with Crippen LogP contribution in [0.4, 0.5) is 5.82 Å². The number of anilines is 1. The second-order valence-electron chi connectivity index (χ2n) is 4.46. The molecule has 0 radical (unpaired) electrons. The number of aromatic nitrogens is 2. The number of piperidine rings is 1. The van der Waals surface area contributed by atoms with Crippen LogP contribution in [-0.2, 0) is 9.53 Å². The van der Waals surface area contributed by atoms with Crippen LogP contribution in [0.15, 0.2) is 12.4 Å². The Morgan fingerprint density at radius 3 is 3.11 bits per heavy atom. The van der Waals surface area contributed by atoms with Crippen molar-refractivity contribution in [2.45, 2.75) is 19.8 Å². The number of ether oxygens (including phenoxy) is 2. The number of esters is 1. The molecule has 1 fully saturated rings. The highest BCUT2D eigenvalue weighted by Gasteiger charge is 2.27. The molecule has 104 valence electrons. The number of hydrogen-bond acceptors (Lipinski definition) is 6. The molecule has 0 spiro atoms. The summed E-state index contributed by atoms with van der Waals surface area (Å²) >= 11 is 0. The van der Waals surface area contributed by atoms with E-state index in [0.717, 1.165) is 25.2 Å². The van der Waals surface area contributed by atoms with Gasteiger partial charge in [-0.25, -0.2) is 9.97 Å². The fourth-order valence-electron chi connectivity index (χ4n) is 2.25. The molecule has 6 heteroatoms. The molecular formula is C13H19N3O3. The molecule has 0 bridgehead atoms. The number of nitrogens with zero attached hydrogens (tertiary/aromatic N) is 3. The van der Waals surface area contributed by atoms with Crippen molar-refractivity contribution in [2.75, 3.05) is 31.7 Å². The lowest BCUT2D eigenvalue weighted by Crippen LogP contribution is -2.39. The molecule has 1 aliphatic heterocycles. The second kappa shape index (κ2) is 6.36. The molecule has 19 heavy (non-hydrogen) atoms. The van der Waals surface area contributed by atoms with Crippen molar-refractivity contribution in [3.63, 3.8) is 0 Å². The average molecular weight is 265 g/mol. The second-order valence-corrected chi connectivity index (χ2v) is 4.46. The van der Waals surface area contributed by atoms with Crippen molar-refractivity contribution in [1.82, 2.24) is 9.97 Å². The maximum Gasteiger partial charge on any atom is 0.310 e. The van der Waals surface area contributed by atoms with E-state index in [-0.39, 0.29) is 11.9 Å². The van der Waals surface area contributed by atoms with Gasteiger partial charge in [0, 0.05) is 19.2 Å². The molecule has 1 aromatic heterocycles. The summed E-state index contributed by atoms with van der Waals surface area (Å²) in [5.74, 6) is 1.13. The van der Waals surface area contributed by atoms with Crippen LogP contribution >= 0.6 is 0 Å². The summed E-state index contributed by atoms with van der Waals surface area (Å²) in [5.41, 5.74) is 0. The van der Waals surface area contributed by atoms with Gasteiger partial charge in [0.15, 0.2) is 0 Å². The van der Waals surface area contributed by atoms with Gasteiger partial charge in [-0.1, -0.05) is 0 Å². The first-order valence-electron chi connectivity index (χ1n) is 6.52. The number of hydrogen-bond donors (Lipinski definition) is 0. The summed E-state index contributed by atoms with van der Waals surface area (Å²) in [4.78, 5) is 22.1. The first-order valence-corrected chi connectivity index (χ1v) is 6.52.